The Morgan fingerprint density at radius 1 is 0.976 bits per heavy atom. The molecule has 3 aromatic carbocycles. The lowest BCUT2D eigenvalue weighted by Gasteiger charge is -2.22. The van der Waals surface area contributed by atoms with E-state index in [-0.39, 0.29) is 16.8 Å². The normalized spacial score (nSPS) is 12.6. The van der Waals surface area contributed by atoms with Crippen LogP contribution in [0.15, 0.2) is 78.9 Å². The number of sulfonamides is 1. The Hall–Kier alpha value is -4.86. The number of nitrogens with zero attached hydrogens (tertiary/aromatic N) is 4. The number of amides is 3. The number of aryl methyl sites for hydroxylation is 1. The van der Waals surface area contributed by atoms with Gasteiger partial charge >= 0.3 is 0 Å². The molecule has 0 saturated carbocycles. The Balaban J connectivity index is 1.33. The summed E-state index contributed by atoms with van der Waals surface area (Å²) in [7, 11) is -4.21. The Kier molecular flexibility index (Phi) is 7.65. The van der Waals surface area contributed by atoms with Gasteiger partial charge in [0.25, 0.3) is 17.7 Å². The zero-order chi connectivity index (χ0) is 29.1. The van der Waals surface area contributed by atoms with Crippen LogP contribution in [-0.2, 0) is 16.6 Å². The van der Waals surface area contributed by atoms with Crippen LogP contribution < -0.4 is 9.62 Å². The van der Waals surface area contributed by atoms with Gasteiger partial charge in [0.05, 0.1) is 35.1 Å². The second kappa shape index (κ2) is 11.3. The lowest BCUT2D eigenvalue weighted by molar-refractivity contribution is 0.0664. The minimum absolute atomic E-state index is 0.0546. The fraction of sp³-hybridized carbons (Fsp3) is 0.138. The number of carbonyl (C=O) groups is 3. The van der Waals surface area contributed by atoms with Crippen molar-refractivity contribution in [2.24, 2.45) is 0 Å². The third-order valence-corrected chi connectivity index (χ3v) is 8.64. The van der Waals surface area contributed by atoms with Gasteiger partial charge in [-0.05, 0) is 48.9 Å². The molecule has 0 atom stereocenters. The molecular weight excluding hydrogens is 562 g/mol. The molecule has 0 saturated heterocycles. The van der Waals surface area contributed by atoms with Crippen molar-refractivity contribution in [2.75, 3.05) is 17.2 Å². The van der Waals surface area contributed by atoms with E-state index in [2.05, 4.69) is 11.1 Å². The second-order valence-electron chi connectivity index (χ2n) is 9.19. The van der Waals surface area contributed by atoms with Gasteiger partial charge < -0.3 is 4.90 Å². The molecule has 10 nitrogen and oxygen atoms in total. The van der Waals surface area contributed by atoms with Crippen molar-refractivity contribution in [1.29, 1.82) is 5.26 Å². The van der Waals surface area contributed by atoms with E-state index in [1.54, 1.807) is 43.3 Å². The van der Waals surface area contributed by atoms with Crippen molar-refractivity contribution >= 4 is 49.9 Å². The smallest absolute Gasteiger partial charge is 0.284 e. The molecule has 1 aliphatic heterocycles. The molecule has 4 aromatic rings. The molecule has 206 valence electrons. The van der Waals surface area contributed by atoms with Gasteiger partial charge in [-0.25, -0.2) is 18.1 Å². The fourth-order valence-corrected chi connectivity index (χ4v) is 6.18. The maximum atomic E-state index is 13.1. The topological polar surface area (TPSA) is 141 Å². The highest BCUT2D eigenvalue weighted by molar-refractivity contribution is 7.90. The van der Waals surface area contributed by atoms with Crippen LogP contribution in [0.25, 0.3) is 0 Å². The maximum Gasteiger partial charge on any atom is 0.284 e. The number of nitriles is 1. The van der Waals surface area contributed by atoms with Gasteiger partial charge in [-0.2, -0.15) is 5.26 Å². The summed E-state index contributed by atoms with van der Waals surface area (Å²) >= 11 is 1.22. The van der Waals surface area contributed by atoms with E-state index in [1.165, 1.54) is 23.5 Å². The number of hydrogen-bond donors (Lipinski definition) is 1. The Labute approximate surface area is 240 Å². The third-order valence-electron chi connectivity index (χ3n) is 6.43. The largest absolute Gasteiger partial charge is 0.313 e. The summed E-state index contributed by atoms with van der Waals surface area (Å²) in [6.45, 7) is 1.68. The standard InChI is InChI=1S/C29H23N5O5S2/c1-19-25(26(35)32-41(38,39)16-15-33-27(36)23-9-5-6-10-24(23)28(33)37)31-29(40-19)34(18-21-7-3-2-4-8-21)22-13-11-20(17-30)12-14-22/h2-14H,15-16,18H2,1H3,(H,32,35). The van der Waals surface area contributed by atoms with Gasteiger partial charge in [-0.15, -0.1) is 11.3 Å². The first-order valence-corrected chi connectivity index (χ1v) is 14.9. The predicted octanol–water partition coefficient (Wildman–Crippen LogP) is 4.02. The van der Waals surface area contributed by atoms with Crippen molar-refractivity contribution in [1.82, 2.24) is 14.6 Å². The summed E-state index contributed by atoms with van der Waals surface area (Å²) in [6.07, 6.45) is 0. The molecule has 0 spiro atoms. The number of nitrogens with one attached hydrogen (secondary N) is 1. The van der Waals surface area contributed by atoms with Crippen LogP contribution in [0.5, 0.6) is 0 Å². The highest BCUT2D eigenvalue weighted by atomic mass is 32.2. The first kappa shape index (κ1) is 27.7. The Morgan fingerprint density at radius 3 is 2.20 bits per heavy atom. The van der Waals surface area contributed by atoms with Gasteiger partial charge in [0.15, 0.2) is 5.13 Å². The molecule has 1 aliphatic rings. The van der Waals surface area contributed by atoms with Gasteiger partial charge in [-0.3, -0.25) is 19.3 Å². The van der Waals surface area contributed by atoms with Crippen LogP contribution in [0.4, 0.5) is 10.8 Å². The molecule has 0 radical (unpaired) electrons. The number of benzene rings is 3. The average Bonchev–Trinajstić information content (AvgIpc) is 3.48. The van der Waals surface area contributed by atoms with E-state index in [4.69, 9.17) is 0 Å². The quantitative estimate of drug-likeness (QED) is 0.291. The number of aromatic nitrogens is 1. The maximum absolute atomic E-state index is 13.1. The zero-order valence-electron chi connectivity index (χ0n) is 21.8. The van der Waals surface area contributed by atoms with E-state index >= 15 is 0 Å². The summed E-state index contributed by atoms with van der Waals surface area (Å²) < 4.78 is 27.6. The second-order valence-corrected chi connectivity index (χ2v) is 12.2. The van der Waals surface area contributed by atoms with Gasteiger partial charge in [0.1, 0.15) is 5.69 Å². The number of hydrogen-bond acceptors (Lipinski definition) is 9. The molecular formula is C29H23N5O5S2. The molecule has 0 bridgehead atoms. The minimum Gasteiger partial charge on any atom is -0.313 e. The van der Waals surface area contributed by atoms with Gasteiger partial charge in [-0.1, -0.05) is 42.5 Å². The lowest BCUT2D eigenvalue weighted by atomic mass is 10.1. The summed E-state index contributed by atoms with van der Waals surface area (Å²) in [6, 6.07) is 24.9. The number of fused-ring (bicyclic) bond motifs is 1. The van der Waals surface area contributed by atoms with Crippen molar-refractivity contribution in [3.8, 4) is 6.07 Å². The fourth-order valence-electron chi connectivity index (χ4n) is 4.35. The molecule has 0 unspecified atom stereocenters. The molecule has 1 N–H and O–H groups in total. The number of anilines is 2. The third kappa shape index (κ3) is 5.86. The lowest BCUT2D eigenvalue weighted by Crippen LogP contribution is -2.39. The Morgan fingerprint density at radius 2 is 1.59 bits per heavy atom. The van der Waals surface area contributed by atoms with E-state index in [0.717, 1.165) is 16.2 Å². The first-order chi connectivity index (χ1) is 19.7. The van der Waals surface area contributed by atoms with Gasteiger partial charge in [0, 0.05) is 17.1 Å². The van der Waals surface area contributed by atoms with Crippen LogP contribution in [0, 0.1) is 18.3 Å². The Bertz CT molecular complexity index is 1760. The highest BCUT2D eigenvalue weighted by Crippen LogP contribution is 2.33. The van der Waals surface area contributed by atoms with E-state index in [9.17, 15) is 28.1 Å². The van der Waals surface area contributed by atoms with E-state index in [1.807, 2.05) is 40.0 Å². The summed E-state index contributed by atoms with van der Waals surface area (Å²) in [4.78, 5) is 45.9. The molecule has 12 heteroatoms. The minimum atomic E-state index is -4.21. The number of imide groups is 1. The average molecular weight is 586 g/mol. The monoisotopic (exact) mass is 585 g/mol. The highest BCUT2D eigenvalue weighted by Gasteiger charge is 2.36. The molecule has 5 rings (SSSR count). The number of carbonyl (C=O) groups excluding carboxylic acids is 3. The SMILES string of the molecule is Cc1sc(N(Cc2ccccc2)c2ccc(C#N)cc2)nc1C(=O)NS(=O)(=O)CCN1C(=O)c2ccccc2C1=O. The number of rotatable bonds is 9. The first-order valence-electron chi connectivity index (χ1n) is 12.5. The van der Waals surface area contributed by atoms with Crippen LogP contribution in [0.3, 0.4) is 0 Å². The summed E-state index contributed by atoms with van der Waals surface area (Å²) in [5.41, 5.74) is 2.59. The predicted molar refractivity (Wildman–Crippen MR) is 153 cm³/mol. The van der Waals surface area contributed by atoms with Crippen molar-refractivity contribution in [3.05, 3.63) is 112 Å². The number of thiazole rings is 1. The summed E-state index contributed by atoms with van der Waals surface area (Å²) in [5, 5.41) is 9.64. The van der Waals surface area contributed by atoms with Gasteiger partial charge in [0.2, 0.25) is 10.0 Å². The molecule has 0 aliphatic carbocycles. The van der Waals surface area contributed by atoms with Crippen molar-refractivity contribution < 1.29 is 22.8 Å². The van der Waals surface area contributed by atoms with Crippen molar-refractivity contribution in [2.45, 2.75) is 13.5 Å². The van der Waals surface area contributed by atoms with E-state index in [0.29, 0.717) is 22.1 Å². The van der Waals surface area contributed by atoms with E-state index < -0.39 is 40.0 Å². The molecule has 2 heterocycles. The zero-order valence-corrected chi connectivity index (χ0v) is 23.4. The van der Waals surface area contributed by atoms with Crippen LogP contribution in [0.1, 0.15) is 47.2 Å². The van der Waals surface area contributed by atoms with Crippen molar-refractivity contribution in [3.63, 3.8) is 0 Å². The molecule has 41 heavy (non-hydrogen) atoms. The molecule has 0 fully saturated rings. The molecule has 1 aromatic heterocycles. The van der Waals surface area contributed by atoms with Crippen LogP contribution in [-0.4, -0.2) is 48.3 Å². The summed E-state index contributed by atoms with van der Waals surface area (Å²) in [5.74, 6) is -2.71. The van der Waals surface area contributed by atoms with Crippen LogP contribution >= 0.6 is 11.3 Å². The van der Waals surface area contributed by atoms with Crippen LogP contribution in [0.2, 0.25) is 0 Å². The molecule has 3 amide bonds.